The molecule has 0 spiro atoms. The second kappa shape index (κ2) is 5.15. The molecule has 0 saturated heterocycles. The molecule has 0 atom stereocenters. The molecule has 15 heavy (non-hydrogen) atoms. The van der Waals surface area contributed by atoms with Gasteiger partial charge in [0, 0.05) is 12.4 Å². The molecule has 0 amide bonds. The average molecular weight is 239 g/mol. The van der Waals surface area contributed by atoms with Gasteiger partial charge in [-0.05, 0) is 30.3 Å². The van der Waals surface area contributed by atoms with E-state index in [0.717, 1.165) is 16.3 Å². The monoisotopic (exact) mass is 239 g/mol. The van der Waals surface area contributed by atoms with Gasteiger partial charge < -0.3 is 5.73 Å². The lowest BCUT2D eigenvalue weighted by molar-refractivity contribution is 0.888. The highest BCUT2D eigenvalue weighted by Crippen LogP contribution is 2.24. The van der Waals surface area contributed by atoms with Crippen molar-refractivity contribution in [3.05, 3.63) is 23.5 Å². The normalized spacial score (nSPS) is 10.5. The molecule has 0 aliphatic rings. The maximum Gasteiger partial charge on any atom is 0.194 e. The predicted octanol–water partition coefficient (Wildman–Crippen LogP) is 0.980. The fraction of sp³-hybridized carbons (Fsp3) is 0.250. The zero-order valence-electron chi connectivity index (χ0n) is 7.83. The highest BCUT2D eigenvalue weighted by atomic mass is 32.2. The largest absolute Gasteiger partial charge is 0.330 e. The van der Waals surface area contributed by atoms with Crippen molar-refractivity contribution in [2.24, 2.45) is 5.73 Å². The molecule has 2 rings (SSSR count). The zero-order chi connectivity index (χ0) is 10.5. The van der Waals surface area contributed by atoms with Crippen LogP contribution >= 0.6 is 23.1 Å². The molecule has 0 aromatic carbocycles. The summed E-state index contributed by atoms with van der Waals surface area (Å²) in [7, 11) is 0. The summed E-state index contributed by atoms with van der Waals surface area (Å²) < 4.78 is 0.849. The first-order chi connectivity index (χ1) is 7.38. The average Bonchev–Trinajstić information content (AvgIpc) is 2.74. The number of aromatic nitrogens is 4. The van der Waals surface area contributed by atoms with Gasteiger partial charge in [0.1, 0.15) is 5.51 Å². The maximum atomic E-state index is 5.43. The molecule has 0 aliphatic heterocycles. The van der Waals surface area contributed by atoms with Crippen molar-refractivity contribution in [3.8, 4) is 0 Å². The molecule has 2 heterocycles. The quantitative estimate of drug-likeness (QED) is 0.801. The molecule has 7 heteroatoms. The summed E-state index contributed by atoms with van der Waals surface area (Å²) in [4.78, 5) is 8.41. The molecular formula is C8H9N5S2. The van der Waals surface area contributed by atoms with Gasteiger partial charge in [-0.15, -0.1) is 10.2 Å². The van der Waals surface area contributed by atoms with Crippen molar-refractivity contribution < 1.29 is 0 Å². The molecule has 0 aliphatic carbocycles. The van der Waals surface area contributed by atoms with Crippen LogP contribution in [0, 0.1) is 0 Å². The molecule has 2 aromatic heterocycles. The molecule has 0 fully saturated rings. The summed E-state index contributed by atoms with van der Waals surface area (Å²) in [6.07, 6.45) is 4.40. The van der Waals surface area contributed by atoms with E-state index in [4.69, 9.17) is 5.73 Å². The second-order valence-corrected chi connectivity index (χ2v) is 4.77. The minimum Gasteiger partial charge on any atom is -0.330 e. The summed E-state index contributed by atoms with van der Waals surface area (Å²) >= 11 is 2.89. The standard InChI is InChI=1S/C8H9N5S2/c9-2-1-6-3-10-7(11-4-6)15-8-13-12-5-14-8/h3-5H,1-2,9H2. The Labute approximate surface area is 95.2 Å². The number of nitrogens with two attached hydrogens (primary N) is 1. The Hall–Kier alpha value is -1.05. The fourth-order valence-corrected chi connectivity index (χ4v) is 2.26. The van der Waals surface area contributed by atoms with Crippen LogP contribution in [0.15, 0.2) is 27.4 Å². The first-order valence-corrected chi connectivity index (χ1v) is 6.03. The minimum atomic E-state index is 0.617. The Balaban J connectivity index is 2.04. The van der Waals surface area contributed by atoms with Gasteiger partial charge in [0.25, 0.3) is 0 Å². The molecule has 0 bridgehead atoms. The Bertz CT molecular complexity index is 399. The van der Waals surface area contributed by atoms with Gasteiger partial charge in [-0.3, -0.25) is 0 Å². The van der Waals surface area contributed by atoms with Gasteiger partial charge >= 0.3 is 0 Å². The molecular weight excluding hydrogens is 230 g/mol. The van der Waals surface area contributed by atoms with E-state index >= 15 is 0 Å². The van der Waals surface area contributed by atoms with Crippen molar-refractivity contribution in [1.82, 2.24) is 20.2 Å². The van der Waals surface area contributed by atoms with Gasteiger partial charge in [-0.2, -0.15) is 0 Å². The van der Waals surface area contributed by atoms with E-state index in [-0.39, 0.29) is 0 Å². The van der Waals surface area contributed by atoms with E-state index in [1.165, 1.54) is 23.1 Å². The van der Waals surface area contributed by atoms with Gasteiger partial charge in [0.05, 0.1) is 0 Å². The van der Waals surface area contributed by atoms with Crippen LogP contribution in [0.3, 0.4) is 0 Å². The molecule has 78 valence electrons. The lowest BCUT2D eigenvalue weighted by atomic mass is 10.2. The van der Waals surface area contributed by atoms with Crippen molar-refractivity contribution in [3.63, 3.8) is 0 Å². The van der Waals surface area contributed by atoms with Gasteiger partial charge in [0.15, 0.2) is 9.50 Å². The summed E-state index contributed by atoms with van der Waals surface area (Å²) in [6.45, 7) is 0.617. The van der Waals surface area contributed by atoms with Crippen molar-refractivity contribution in [2.45, 2.75) is 15.9 Å². The minimum absolute atomic E-state index is 0.617. The van der Waals surface area contributed by atoms with Crippen LogP contribution in [0.2, 0.25) is 0 Å². The van der Waals surface area contributed by atoms with Crippen LogP contribution in [0.1, 0.15) is 5.56 Å². The van der Waals surface area contributed by atoms with E-state index in [0.29, 0.717) is 11.7 Å². The highest BCUT2D eigenvalue weighted by molar-refractivity contribution is 8.00. The van der Waals surface area contributed by atoms with Crippen molar-refractivity contribution in [1.29, 1.82) is 0 Å². The first kappa shape index (κ1) is 10.5. The van der Waals surface area contributed by atoms with E-state index in [9.17, 15) is 0 Å². The zero-order valence-corrected chi connectivity index (χ0v) is 9.46. The van der Waals surface area contributed by atoms with Crippen LogP contribution in [0.5, 0.6) is 0 Å². The van der Waals surface area contributed by atoms with Crippen LogP contribution in [-0.4, -0.2) is 26.7 Å². The third kappa shape index (κ3) is 2.95. The van der Waals surface area contributed by atoms with Crippen LogP contribution < -0.4 is 5.73 Å². The second-order valence-electron chi connectivity index (χ2n) is 2.72. The Morgan fingerprint density at radius 3 is 2.73 bits per heavy atom. The summed E-state index contributed by atoms with van der Waals surface area (Å²) in [6, 6.07) is 0. The molecule has 0 unspecified atom stereocenters. The third-order valence-electron chi connectivity index (χ3n) is 1.63. The van der Waals surface area contributed by atoms with Gasteiger partial charge in [0.2, 0.25) is 0 Å². The van der Waals surface area contributed by atoms with Crippen molar-refractivity contribution in [2.75, 3.05) is 6.54 Å². The predicted molar refractivity (Wildman–Crippen MR) is 58.8 cm³/mol. The van der Waals surface area contributed by atoms with E-state index < -0.39 is 0 Å². The molecule has 2 N–H and O–H groups in total. The molecule has 2 aromatic rings. The number of hydrogen-bond acceptors (Lipinski definition) is 7. The van der Waals surface area contributed by atoms with Gasteiger partial charge in [-0.1, -0.05) is 11.3 Å². The van der Waals surface area contributed by atoms with Crippen LogP contribution in [0.4, 0.5) is 0 Å². The number of nitrogens with zero attached hydrogens (tertiary/aromatic N) is 4. The Morgan fingerprint density at radius 1 is 1.33 bits per heavy atom. The maximum absolute atomic E-state index is 5.43. The smallest absolute Gasteiger partial charge is 0.194 e. The summed E-state index contributed by atoms with van der Waals surface area (Å²) in [5.74, 6) is 0. The summed E-state index contributed by atoms with van der Waals surface area (Å²) in [5, 5.41) is 8.33. The Kier molecular flexibility index (Phi) is 3.59. The van der Waals surface area contributed by atoms with E-state index in [2.05, 4.69) is 20.2 Å². The van der Waals surface area contributed by atoms with Crippen molar-refractivity contribution >= 4 is 23.1 Å². The SMILES string of the molecule is NCCc1cnc(Sc2nncs2)nc1. The summed E-state index contributed by atoms with van der Waals surface area (Å²) in [5.41, 5.74) is 8.17. The number of hydrogen-bond donors (Lipinski definition) is 1. The van der Waals surface area contributed by atoms with Crippen LogP contribution in [-0.2, 0) is 6.42 Å². The van der Waals surface area contributed by atoms with Gasteiger partial charge in [-0.25, -0.2) is 9.97 Å². The molecule has 0 radical (unpaired) electrons. The van der Waals surface area contributed by atoms with E-state index in [1.807, 2.05) is 0 Å². The molecule has 5 nitrogen and oxygen atoms in total. The first-order valence-electron chi connectivity index (χ1n) is 4.33. The van der Waals surface area contributed by atoms with E-state index in [1.54, 1.807) is 17.9 Å². The highest BCUT2D eigenvalue weighted by Gasteiger charge is 2.03. The topological polar surface area (TPSA) is 77.6 Å². The number of rotatable bonds is 4. The van der Waals surface area contributed by atoms with Crippen LogP contribution in [0.25, 0.3) is 0 Å². The lowest BCUT2D eigenvalue weighted by Crippen LogP contribution is -2.03. The fourth-order valence-electron chi connectivity index (χ4n) is 0.977. The third-order valence-corrected chi connectivity index (χ3v) is 3.30. The Morgan fingerprint density at radius 2 is 2.13 bits per heavy atom. The molecule has 0 saturated carbocycles. The lowest BCUT2D eigenvalue weighted by Gasteiger charge is -1.98.